The molecule has 4 N–H and O–H groups in total. The van der Waals surface area contributed by atoms with Gasteiger partial charge in [-0.2, -0.15) is 0 Å². The molecule has 0 saturated carbocycles. The molecule has 0 amide bonds. The molecular weight excluding hydrogens is 280 g/mol. The van der Waals surface area contributed by atoms with E-state index in [-0.39, 0.29) is 12.4 Å². The number of sulfonamides is 1. The van der Waals surface area contributed by atoms with Crippen LogP contribution in [0.3, 0.4) is 0 Å². The van der Waals surface area contributed by atoms with Crippen LogP contribution in [0.25, 0.3) is 0 Å². The predicted molar refractivity (Wildman–Crippen MR) is 64.1 cm³/mol. The van der Waals surface area contributed by atoms with E-state index in [9.17, 15) is 17.2 Å². The Labute approximate surface area is 109 Å². The van der Waals surface area contributed by atoms with Crippen LogP contribution in [0.5, 0.6) is 0 Å². The molecule has 0 spiro atoms. The largest absolute Gasteiger partial charge is 0.409 e. The summed E-state index contributed by atoms with van der Waals surface area (Å²) in [5, 5.41) is 11.1. The minimum atomic E-state index is -4.13. The lowest BCUT2D eigenvalue weighted by molar-refractivity contribution is 0.314. The zero-order chi connectivity index (χ0) is 14.6. The molecule has 1 aromatic rings. The molecule has 0 heterocycles. The van der Waals surface area contributed by atoms with E-state index in [0.29, 0.717) is 6.07 Å². The van der Waals surface area contributed by atoms with Gasteiger partial charge in [-0.3, -0.25) is 0 Å². The number of nitrogens with two attached hydrogens (primary N) is 1. The van der Waals surface area contributed by atoms with E-state index in [1.165, 1.54) is 6.92 Å². The topological polar surface area (TPSA) is 105 Å². The zero-order valence-electron chi connectivity index (χ0n) is 9.97. The van der Waals surface area contributed by atoms with Crippen LogP contribution >= 0.6 is 0 Å². The highest BCUT2D eigenvalue weighted by atomic mass is 32.2. The first-order valence-corrected chi connectivity index (χ1v) is 6.68. The third kappa shape index (κ3) is 3.86. The second kappa shape index (κ2) is 5.93. The monoisotopic (exact) mass is 293 g/mol. The Balaban J connectivity index is 2.88. The van der Waals surface area contributed by atoms with Gasteiger partial charge in [0.1, 0.15) is 22.4 Å². The lowest BCUT2D eigenvalue weighted by Crippen LogP contribution is -2.35. The molecule has 0 fully saturated rings. The molecule has 9 heteroatoms. The number of nitrogens with one attached hydrogen (secondary N) is 1. The first-order valence-electron chi connectivity index (χ1n) is 5.20. The number of halogens is 2. The van der Waals surface area contributed by atoms with Crippen LogP contribution < -0.4 is 10.5 Å². The molecule has 1 aromatic carbocycles. The summed E-state index contributed by atoms with van der Waals surface area (Å²) >= 11 is 0. The van der Waals surface area contributed by atoms with E-state index in [1.54, 1.807) is 0 Å². The van der Waals surface area contributed by atoms with Gasteiger partial charge in [0, 0.05) is 18.5 Å². The summed E-state index contributed by atoms with van der Waals surface area (Å²) in [4.78, 5) is -0.666. The SMILES string of the molecule is CC(CNS(=O)(=O)c1ccc(F)cc1F)/C(N)=N/O. The minimum absolute atomic E-state index is 0.165. The molecule has 1 unspecified atom stereocenters. The Morgan fingerprint density at radius 3 is 2.68 bits per heavy atom. The summed E-state index contributed by atoms with van der Waals surface area (Å²) in [6.07, 6.45) is 0. The predicted octanol–water partition coefficient (Wildman–Crippen LogP) is 0.626. The van der Waals surface area contributed by atoms with Crippen LogP contribution in [0.1, 0.15) is 6.92 Å². The summed E-state index contributed by atoms with van der Waals surface area (Å²) in [5.74, 6) is -2.81. The maximum absolute atomic E-state index is 13.3. The number of rotatable bonds is 5. The van der Waals surface area contributed by atoms with Crippen LogP contribution in [0.15, 0.2) is 28.3 Å². The Kier molecular flexibility index (Phi) is 4.78. The third-order valence-electron chi connectivity index (χ3n) is 2.38. The van der Waals surface area contributed by atoms with Crippen LogP contribution in [0.2, 0.25) is 0 Å². The van der Waals surface area contributed by atoms with Crippen molar-refractivity contribution in [3.8, 4) is 0 Å². The first-order chi connectivity index (χ1) is 8.77. The van der Waals surface area contributed by atoms with Gasteiger partial charge in [0.25, 0.3) is 0 Å². The summed E-state index contributed by atoms with van der Waals surface area (Å²) < 4.78 is 51.6. The number of hydrogen-bond donors (Lipinski definition) is 3. The van der Waals surface area contributed by atoms with Gasteiger partial charge in [-0.25, -0.2) is 21.9 Å². The van der Waals surface area contributed by atoms with E-state index in [2.05, 4.69) is 9.88 Å². The van der Waals surface area contributed by atoms with Gasteiger partial charge in [0.15, 0.2) is 0 Å². The molecule has 0 aliphatic heterocycles. The van der Waals surface area contributed by atoms with Gasteiger partial charge >= 0.3 is 0 Å². The van der Waals surface area contributed by atoms with Crippen molar-refractivity contribution in [2.75, 3.05) is 6.54 Å². The molecule has 0 aliphatic rings. The van der Waals surface area contributed by atoms with Crippen molar-refractivity contribution in [3.05, 3.63) is 29.8 Å². The Morgan fingerprint density at radius 1 is 1.53 bits per heavy atom. The standard InChI is InChI=1S/C10H13F2N3O3S/c1-6(10(13)15-16)5-14-19(17,18)9-3-2-7(11)4-8(9)12/h2-4,6,14,16H,5H2,1H3,(H2,13,15). The van der Waals surface area contributed by atoms with Gasteiger partial charge in [-0.1, -0.05) is 12.1 Å². The molecule has 0 radical (unpaired) electrons. The van der Waals surface area contributed by atoms with Crippen molar-refractivity contribution in [2.45, 2.75) is 11.8 Å². The first kappa shape index (κ1) is 15.3. The molecule has 0 aromatic heterocycles. The van der Waals surface area contributed by atoms with Crippen LogP contribution in [0.4, 0.5) is 8.78 Å². The Morgan fingerprint density at radius 2 is 2.16 bits per heavy atom. The highest BCUT2D eigenvalue weighted by Crippen LogP contribution is 2.15. The highest BCUT2D eigenvalue weighted by Gasteiger charge is 2.20. The number of hydrogen-bond acceptors (Lipinski definition) is 4. The van der Waals surface area contributed by atoms with Gasteiger partial charge in [-0.05, 0) is 12.1 Å². The van der Waals surface area contributed by atoms with E-state index in [1.807, 2.05) is 0 Å². The number of benzene rings is 1. The van der Waals surface area contributed by atoms with E-state index in [0.717, 1.165) is 12.1 Å². The van der Waals surface area contributed by atoms with E-state index < -0.39 is 32.5 Å². The van der Waals surface area contributed by atoms with Crippen LogP contribution in [0, 0.1) is 17.6 Å². The lowest BCUT2D eigenvalue weighted by atomic mass is 10.2. The molecule has 6 nitrogen and oxygen atoms in total. The lowest BCUT2D eigenvalue weighted by Gasteiger charge is -2.12. The fourth-order valence-corrected chi connectivity index (χ4v) is 2.40. The van der Waals surface area contributed by atoms with Gasteiger partial charge in [0.05, 0.1) is 0 Å². The Hall–Kier alpha value is -1.74. The van der Waals surface area contributed by atoms with Crippen LogP contribution in [-0.4, -0.2) is 26.0 Å². The molecule has 19 heavy (non-hydrogen) atoms. The summed E-state index contributed by atoms with van der Waals surface area (Å²) in [5.41, 5.74) is 5.28. The maximum atomic E-state index is 13.3. The Bertz CT molecular complexity index is 590. The van der Waals surface area contributed by atoms with E-state index >= 15 is 0 Å². The number of nitrogens with zero attached hydrogens (tertiary/aromatic N) is 1. The zero-order valence-corrected chi connectivity index (χ0v) is 10.8. The average Bonchev–Trinajstić information content (AvgIpc) is 2.34. The minimum Gasteiger partial charge on any atom is -0.409 e. The molecule has 1 atom stereocenters. The molecule has 106 valence electrons. The van der Waals surface area contributed by atoms with Crippen molar-refractivity contribution in [1.29, 1.82) is 0 Å². The molecular formula is C10H13F2N3O3S. The van der Waals surface area contributed by atoms with Crippen molar-refractivity contribution in [3.63, 3.8) is 0 Å². The normalized spacial score (nSPS) is 14.4. The van der Waals surface area contributed by atoms with Crippen molar-refractivity contribution >= 4 is 15.9 Å². The third-order valence-corrected chi connectivity index (χ3v) is 3.84. The van der Waals surface area contributed by atoms with Gasteiger partial charge in [-0.15, -0.1) is 0 Å². The molecule has 1 rings (SSSR count). The number of amidine groups is 1. The molecule has 0 saturated heterocycles. The smallest absolute Gasteiger partial charge is 0.243 e. The quantitative estimate of drug-likeness (QED) is 0.320. The highest BCUT2D eigenvalue weighted by molar-refractivity contribution is 7.89. The summed E-state index contributed by atoms with van der Waals surface area (Å²) in [7, 11) is -4.13. The summed E-state index contributed by atoms with van der Waals surface area (Å²) in [6, 6.07) is 2.13. The van der Waals surface area contributed by atoms with Crippen molar-refractivity contribution in [2.24, 2.45) is 16.8 Å². The van der Waals surface area contributed by atoms with E-state index in [4.69, 9.17) is 10.9 Å². The average molecular weight is 293 g/mol. The van der Waals surface area contributed by atoms with Crippen LogP contribution in [-0.2, 0) is 10.0 Å². The second-order valence-electron chi connectivity index (χ2n) is 3.85. The maximum Gasteiger partial charge on any atom is 0.243 e. The summed E-state index contributed by atoms with van der Waals surface area (Å²) in [6.45, 7) is 1.33. The fraction of sp³-hybridized carbons (Fsp3) is 0.300. The van der Waals surface area contributed by atoms with Gasteiger partial charge in [0.2, 0.25) is 10.0 Å². The fourth-order valence-electron chi connectivity index (χ4n) is 1.21. The van der Waals surface area contributed by atoms with Crippen molar-refractivity contribution in [1.82, 2.24) is 4.72 Å². The molecule has 0 bridgehead atoms. The molecule has 0 aliphatic carbocycles. The second-order valence-corrected chi connectivity index (χ2v) is 5.59. The van der Waals surface area contributed by atoms with Crippen molar-refractivity contribution < 1.29 is 22.4 Å². The van der Waals surface area contributed by atoms with Gasteiger partial charge < -0.3 is 10.9 Å². The number of oxime groups is 1.